The van der Waals surface area contributed by atoms with Gasteiger partial charge in [0.05, 0.1) is 0 Å². The summed E-state index contributed by atoms with van der Waals surface area (Å²) in [6, 6.07) is 3.35. The topological polar surface area (TPSA) is 29.1 Å². The number of benzene rings is 1. The highest BCUT2D eigenvalue weighted by Crippen LogP contribution is 2.27. The highest BCUT2D eigenvalue weighted by atomic mass is 19.2. The van der Waals surface area contributed by atoms with Crippen molar-refractivity contribution >= 4 is 11.6 Å². The molecule has 1 aliphatic carbocycles. The van der Waals surface area contributed by atoms with Gasteiger partial charge in [-0.15, -0.1) is 0 Å². The van der Waals surface area contributed by atoms with Gasteiger partial charge in [-0.1, -0.05) is 6.42 Å². The van der Waals surface area contributed by atoms with Gasteiger partial charge < -0.3 is 5.32 Å². The Morgan fingerprint density at radius 3 is 2.53 bits per heavy atom. The molecule has 0 spiro atoms. The SMILES string of the molecule is O=C(Nc1ccc(F)c(F)c1)C1CCC1. The fourth-order valence-electron chi connectivity index (χ4n) is 1.49. The Morgan fingerprint density at radius 1 is 1.27 bits per heavy atom. The van der Waals surface area contributed by atoms with Crippen molar-refractivity contribution < 1.29 is 13.6 Å². The zero-order valence-electron chi connectivity index (χ0n) is 8.09. The van der Waals surface area contributed by atoms with Crippen molar-refractivity contribution in [3.63, 3.8) is 0 Å². The number of hydrogen-bond donors (Lipinski definition) is 1. The number of hydrogen-bond acceptors (Lipinski definition) is 1. The van der Waals surface area contributed by atoms with Crippen molar-refractivity contribution in [2.75, 3.05) is 5.32 Å². The molecule has 0 saturated heterocycles. The molecule has 1 saturated carbocycles. The maximum atomic E-state index is 12.8. The van der Waals surface area contributed by atoms with E-state index < -0.39 is 11.6 Å². The van der Waals surface area contributed by atoms with Crippen molar-refractivity contribution in [3.8, 4) is 0 Å². The van der Waals surface area contributed by atoms with Gasteiger partial charge in [0.25, 0.3) is 0 Å². The highest BCUT2D eigenvalue weighted by Gasteiger charge is 2.25. The molecule has 0 radical (unpaired) electrons. The van der Waals surface area contributed by atoms with Crippen molar-refractivity contribution in [1.82, 2.24) is 0 Å². The number of rotatable bonds is 2. The fraction of sp³-hybridized carbons (Fsp3) is 0.364. The van der Waals surface area contributed by atoms with Crippen LogP contribution in [0.25, 0.3) is 0 Å². The van der Waals surface area contributed by atoms with Crippen LogP contribution in [0, 0.1) is 17.6 Å². The fourth-order valence-corrected chi connectivity index (χ4v) is 1.49. The molecule has 2 rings (SSSR count). The third-order valence-electron chi connectivity index (χ3n) is 2.66. The van der Waals surface area contributed by atoms with E-state index >= 15 is 0 Å². The van der Waals surface area contributed by atoms with Gasteiger partial charge in [-0.25, -0.2) is 8.78 Å². The van der Waals surface area contributed by atoms with Crippen LogP contribution in [0.2, 0.25) is 0 Å². The second-order valence-corrected chi connectivity index (χ2v) is 3.75. The number of nitrogens with one attached hydrogen (secondary N) is 1. The molecule has 1 aromatic carbocycles. The third-order valence-corrected chi connectivity index (χ3v) is 2.66. The van der Waals surface area contributed by atoms with Crippen LogP contribution < -0.4 is 5.32 Å². The summed E-state index contributed by atoms with van der Waals surface area (Å²) >= 11 is 0. The standard InChI is InChI=1S/C11H11F2NO/c12-9-5-4-8(6-10(9)13)14-11(15)7-2-1-3-7/h4-7H,1-3H2,(H,14,15). The summed E-state index contributed by atoms with van der Waals surface area (Å²) in [5.41, 5.74) is 0.311. The van der Waals surface area contributed by atoms with Gasteiger partial charge in [-0.05, 0) is 25.0 Å². The van der Waals surface area contributed by atoms with E-state index in [9.17, 15) is 13.6 Å². The smallest absolute Gasteiger partial charge is 0.227 e. The first kappa shape index (κ1) is 10.1. The van der Waals surface area contributed by atoms with Crippen LogP contribution in [-0.2, 0) is 4.79 Å². The molecule has 80 valence electrons. The summed E-state index contributed by atoms with van der Waals surface area (Å²) < 4.78 is 25.4. The van der Waals surface area contributed by atoms with E-state index in [2.05, 4.69) is 5.32 Å². The highest BCUT2D eigenvalue weighted by molar-refractivity contribution is 5.92. The number of amides is 1. The molecule has 4 heteroatoms. The van der Waals surface area contributed by atoms with Gasteiger partial charge in [-0.2, -0.15) is 0 Å². The van der Waals surface area contributed by atoms with Crippen LogP contribution in [0.3, 0.4) is 0 Å². The summed E-state index contributed by atoms with van der Waals surface area (Å²) in [5.74, 6) is -1.91. The Kier molecular flexibility index (Phi) is 2.66. The largest absolute Gasteiger partial charge is 0.326 e. The summed E-state index contributed by atoms with van der Waals surface area (Å²) in [7, 11) is 0. The molecule has 0 atom stereocenters. The second kappa shape index (κ2) is 3.96. The minimum absolute atomic E-state index is 0.0399. The Bertz CT molecular complexity index is 388. The molecule has 1 aliphatic rings. The summed E-state index contributed by atoms with van der Waals surface area (Å²) in [5, 5.41) is 2.57. The van der Waals surface area contributed by atoms with Crippen LogP contribution in [0.1, 0.15) is 19.3 Å². The minimum Gasteiger partial charge on any atom is -0.326 e. The molecular formula is C11H11F2NO. The van der Waals surface area contributed by atoms with Gasteiger partial charge in [0.2, 0.25) is 5.91 Å². The number of carbonyl (C=O) groups excluding carboxylic acids is 1. The van der Waals surface area contributed by atoms with E-state index in [4.69, 9.17) is 0 Å². The molecule has 1 N–H and O–H groups in total. The first-order valence-electron chi connectivity index (χ1n) is 4.93. The predicted octanol–water partition coefficient (Wildman–Crippen LogP) is 2.70. The summed E-state index contributed by atoms with van der Waals surface area (Å²) in [6.07, 6.45) is 2.83. The maximum Gasteiger partial charge on any atom is 0.227 e. The molecule has 0 unspecified atom stereocenters. The Balaban J connectivity index is 2.03. The number of anilines is 1. The van der Waals surface area contributed by atoms with E-state index in [-0.39, 0.29) is 11.8 Å². The molecule has 0 heterocycles. The number of carbonyl (C=O) groups is 1. The summed E-state index contributed by atoms with van der Waals surface area (Å²) in [4.78, 5) is 11.5. The zero-order valence-corrected chi connectivity index (χ0v) is 8.09. The summed E-state index contributed by atoms with van der Waals surface area (Å²) in [6.45, 7) is 0. The van der Waals surface area contributed by atoms with Crippen molar-refractivity contribution in [3.05, 3.63) is 29.8 Å². The molecule has 2 nitrogen and oxygen atoms in total. The average molecular weight is 211 g/mol. The zero-order chi connectivity index (χ0) is 10.8. The Morgan fingerprint density at radius 2 is 2.00 bits per heavy atom. The molecule has 1 aromatic rings. The molecule has 0 aromatic heterocycles. The first-order valence-corrected chi connectivity index (χ1v) is 4.93. The van der Waals surface area contributed by atoms with Gasteiger partial charge >= 0.3 is 0 Å². The minimum atomic E-state index is -0.943. The quantitative estimate of drug-likeness (QED) is 0.800. The maximum absolute atomic E-state index is 12.8. The van der Waals surface area contributed by atoms with Gasteiger partial charge in [0.15, 0.2) is 11.6 Å². The molecule has 1 amide bonds. The van der Waals surface area contributed by atoms with Gasteiger partial charge in [-0.3, -0.25) is 4.79 Å². The number of halogens is 2. The van der Waals surface area contributed by atoms with Crippen LogP contribution in [0.5, 0.6) is 0 Å². The molecule has 0 aliphatic heterocycles. The predicted molar refractivity (Wildman–Crippen MR) is 52.3 cm³/mol. The lowest BCUT2D eigenvalue weighted by molar-refractivity contribution is -0.122. The lowest BCUT2D eigenvalue weighted by Gasteiger charge is -2.24. The Hall–Kier alpha value is -1.45. The lowest BCUT2D eigenvalue weighted by atomic mass is 9.85. The van der Waals surface area contributed by atoms with Crippen molar-refractivity contribution in [2.24, 2.45) is 5.92 Å². The average Bonchev–Trinajstić information content (AvgIpc) is 2.08. The van der Waals surface area contributed by atoms with Crippen molar-refractivity contribution in [1.29, 1.82) is 0 Å². The van der Waals surface area contributed by atoms with Gasteiger partial charge in [0.1, 0.15) is 0 Å². The van der Waals surface area contributed by atoms with Crippen LogP contribution in [0.15, 0.2) is 18.2 Å². The Labute approximate surface area is 86.3 Å². The monoisotopic (exact) mass is 211 g/mol. The van der Waals surface area contributed by atoms with Crippen molar-refractivity contribution in [2.45, 2.75) is 19.3 Å². The molecule has 1 fully saturated rings. The van der Waals surface area contributed by atoms with Crippen LogP contribution in [-0.4, -0.2) is 5.91 Å². The second-order valence-electron chi connectivity index (χ2n) is 3.75. The van der Waals surface area contributed by atoms with Crippen LogP contribution >= 0.6 is 0 Å². The molecule has 15 heavy (non-hydrogen) atoms. The lowest BCUT2D eigenvalue weighted by Crippen LogP contribution is -2.28. The van der Waals surface area contributed by atoms with Gasteiger partial charge in [0, 0.05) is 17.7 Å². The third kappa shape index (κ3) is 2.14. The molecular weight excluding hydrogens is 200 g/mol. The van der Waals surface area contributed by atoms with E-state index in [1.54, 1.807) is 0 Å². The first-order chi connectivity index (χ1) is 7.16. The van der Waals surface area contributed by atoms with E-state index in [1.165, 1.54) is 6.07 Å². The van der Waals surface area contributed by atoms with Crippen LogP contribution in [0.4, 0.5) is 14.5 Å². The molecule has 0 bridgehead atoms. The van der Waals surface area contributed by atoms with E-state index in [1.807, 2.05) is 0 Å². The normalized spacial score (nSPS) is 15.9. The van der Waals surface area contributed by atoms with E-state index in [0.717, 1.165) is 31.4 Å². The van der Waals surface area contributed by atoms with E-state index in [0.29, 0.717) is 5.69 Å².